The first kappa shape index (κ1) is 16.7. The van der Waals surface area contributed by atoms with Crippen LogP contribution in [0.15, 0.2) is 41.3 Å². The first-order chi connectivity index (χ1) is 11.6. The van der Waals surface area contributed by atoms with Crippen LogP contribution in [0.2, 0.25) is 5.02 Å². The lowest BCUT2D eigenvalue weighted by atomic mass is 10.00. The molecule has 0 radical (unpaired) electrons. The van der Waals surface area contributed by atoms with Crippen LogP contribution < -0.4 is 5.56 Å². The number of aromatic nitrogens is 1. The Morgan fingerprint density at radius 2 is 2.08 bits per heavy atom. The summed E-state index contributed by atoms with van der Waals surface area (Å²) in [4.78, 5) is 29.1. The molecule has 0 bridgehead atoms. The molecule has 3 rings (SSSR count). The predicted molar refractivity (Wildman–Crippen MR) is 90.7 cm³/mol. The number of carbonyl (C=O) groups excluding carboxylic acids is 1. The number of rotatable bonds is 2. The SMILES string of the molecule is O=C(c1cc(Cl)c[nH]c1=O)N1CCCCC[C@H]1c1cccc(F)c1. The predicted octanol–water partition coefficient (Wildman–Crippen LogP) is 3.92. The topological polar surface area (TPSA) is 53.2 Å². The number of nitrogens with one attached hydrogen (secondary N) is 1. The molecule has 126 valence electrons. The van der Waals surface area contributed by atoms with Crippen LogP contribution in [-0.4, -0.2) is 22.3 Å². The summed E-state index contributed by atoms with van der Waals surface area (Å²) in [6.45, 7) is 0.534. The quantitative estimate of drug-likeness (QED) is 0.894. The van der Waals surface area contributed by atoms with Crippen LogP contribution in [-0.2, 0) is 0 Å². The first-order valence-electron chi connectivity index (χ1n) is 8.01. The van der Waals surface area contributed by atoms with E-state index in [0.29, 0.717) is 11.6 Å². The van der Waals surface area contributed by atoms with E-state index in [0.717, 1.165) is 31.2 Å². The van der Waals surface area contributed by atoms with Gasteiger partial charge in [-0.25, -0.2) is 4.39 Å². The van der Waals surface area contributed by atoms with Gasteiger partial charge in [-0.1, -0.05) is 36.6 Å². The molecular weight excluding hydrogens is 331 g/mol. The minimum atomic E-state index is -0.466. The maximum absolute atomic E-state index is 13.6. The van der Waals surface area contributed by atoms with Crippen molar-refractivity contribution < 1.29 is 9.18 Å². The molecule has 0 saturated carbocycles. The number of hydrogen-bond acceptors (Lipinski definition) is 2. The lowest BCUT2D eigenvalue weighted by Gasteiger charge is -2.30. The van der Waals surface area contributed by atoms with Crippen molar-refractivity contribution in [3.05, 3.63) is 68.8 Å². The largest absolute Gasteiger partial charge is 0.331 e. The van der Waals surface area contributed by atoms with Gasteiger partial charge in [0.05, 0.1) is 11.1 Å². The molecule has 1 aromatic carbocycles. The maximum Gasteiger partial charge on any atom is 0.260 e. The standard InChI is InChI=1S/C18H18ClFN2O2/c19-13-10-15(17(23)21-11-13)18(24)22-8-3-1-2-7-16(22)12-5-4-6-14(20)9-12/h4-6,9-11,16H,1-3,7-8H2,(H,21,23)/t16-/m0/s1. The number of aromatic amines is 1. The third-order valence-corrected chi connectivity index (χ3v) is 4.56. The van der Waals surface area contributed by atoms with Crippen LogP contribution in [0.25, 0.3) is 0 Å². The Balaban J connectivity index is 1.99. The summed E-state index contributed by atoms with van der Waals surface area (Å²) in [7, 11) is 0. The fourth-order valence-corrected chi connectivity index (χ4v) is 3.35. The van der Waals surface area contributed by atoms with E-state index in [4.69, 9.17) is 11.6 Å². The summed E-state index contributed by atoms with van der Waals surface area (Å²) in [6, 6.07) is 7.45. The smallest absolute Gasteiger partial charge is 0.260 e. The van der Waals surface area contributed by atoms with Crippen molar-refractivity contribution in [3.8, 4) is 0 Å². The highest BCUT2D eigenvalue weighted by Crippen LogP contribution is 2.31. The van der Waals surface area contributed by atoms with Crippen molar-refractivity contribution in [2.45, 2.75) is 31.7 Å². The van der Waals surface area contributed by atoms with Crippen LogP contribution in [0.5, 0.6) is 0 Å². The molecule has 1 aliphatic rings. The second-order valence-corrected chi connectivity index (χ2v) is 6.42. The number of carbonyl (C=O) groups is 1. The molecule has 1 aliphatic heterocycles. The number of H-pyrrole nitrogens is 1. The molecule has 4 nitrogen and oxygen atoms in total. The van der Waals surface area contributed by atoms with Crippen LogP contribution in [0, 0.1) is 5.82 Å². The van der Waals surface area contributed by atoms with Gasteiger partial charge in [0, 0.05) is 12.7 Å². The first-order valence-corrected chi connectivity index (χ1v) is 8.39. The minimum absolute atomic E-state index is 0.0193. The van der Waals surface area contributed by atoms with Crippen LogP contribution in [0.3, 0.4) is 0 Å². The lowest BCUT2D eigenvalue weighted by Crippen LogP contribution is -2.37. The molecule has 24 heavy (non-hydrogen) atoms. The Morgan fingerprint density at radius 3 is 2.88 bits per heavy atom. The van der Waals surface area contributed by atoms with Crippen LogP contribution in [0.1, 0.15) is 47.6 Å². The Kier molecular flexibility index (Phi) is 5.00. The maximum atomic E-state index is 13.6. The summed E-state index contributed by atoms with van der Waals surface area (Å²) in [5.74, 6) is -0.695. The fourth-order valence-electron chi connectivity index (χ4n) is 3.18. The monoisotopic (exact) mass is 348 g/mol. The van der Waals surface area contributed by atoms with Crippen molar-refractivity contribution in [1.29, 1.82) is 0 Å². The molecule has 6 heteroatoms. The Morgan fingerprint density at radius 1 is 1.25 bits per heavy atom. The van der Waals surface area contributed by atoms with Gasteiger partial charge in [-0.05, 0) is 36.6 Å². The molecule has 1 amide bonds. The van der Waals surface area contributed by atoms with Gasteiger partial charge >= 0.3 is 0 Å². The number of nitrogens with zero attached hydrogens (tertiary/aromatic N) is 1. The minimum Gasteiger partial charge on any atom is -0.331 e. The number of pyridine rings is 1. The molecule has 0 aliphatic carbocycles. The van der Waals surface area contributed by atoms with Crippen molar-refractivity contribution >= 4 is 17.5 Å². The fraction of sp³-hybridized carbons (Fsp3) is 0.333. The van der Waals surface area contributed by atoms with Crippen LogP contribution >= 0.6 is 11.6 Å². The molecule has 0 spiro atoms. The average Bonchev–Trinajstić information content (AvgIpc) is 2.82. The van der Waals surface area contributed by atoms with Crippen molar-refractivity contribution in [3.63, 3.8) is 0 Å². The number of likely N-dealkylation sites (tertiary alicyclic amines) is 1. The molecular formula is C18H18ClFN2O2. The Hall–Kier alpha value is -2.14. The van der Waals surface area contributed by atoms with E-state index < -0.39 is 5.56 Å². The van der Waals surface area contributed by atoms with E-state index in [1.54, 1.807) is 11.0 Å². The third-order valence-electron chi connectivity index (χ3n) is 4.35. The molecule has 2 aromatic rings. The average molecular weight is 349 g/mol. The zero-order chi connectivity index (χ0) is 17.1. The van der Waals surface area contributed by atoms with Gasteiger partial charge < -0.3 is 9.88 Å². The van der Waals surface area contributed by atoms with Gasteiger partial charge in [-0.2, -0.15) is 0 Å². The zero-order valence-corrected chi connectivity index (χ0v) is 13.9. The Labute approximate surface area is 144 Å². The molecule has 1 atom stereocenters. The number of benzene rings is 1. The second kappa shape index (κ2) is 7.18. The Bertz CT molecular complexity index is 806. The zero-order valence-electron chi connectivity index (χ0n) is 13.1. The van der Waals surface area contributed by atoms with E-state index in [1.807, 2.05) is 6.07 Å². The summed E-state index contributed by atoms with van der Waals surface area (Å²) in [6.07, 6.45) is 4.91. The van der Waals surface area contributed by atoms with Gasteiger partial charge in [0.15, 0.2) is 0 Å². The van der Waals surface area contributed by atoms with Gasteiger partial charge in [0.2, 0.25) is 0 Å². The molecule has 1 aromatic heterocycles. The molecule has 1 N–H and O–H groups in total. The molecule has 1 fully saturated rings. The summed E-state index contributed by atoms with van der Waals surface area (Å²) in [5.41, 5.74) is 0.307. The van der Waals surface area contributed by atoms with Gasteiger partial charge in [0.1, 0.15) is 11.4 Å². The van der Waals surface area contributed by atoms with E-state index in [9.17, 15) is 14.0 Å². The highest BCUT2D eigenvalue weighted by atomic mass is 35.5. The van der Waals surface area contributed by atoms with E-state index >= 15 is 0 Å². The van der Waals surface area contributed by atoms with Crippen molar-refractivity contribution in [1.82, 2.24) is 9.88 Å². The highest BCUT2D eigenvalue weighted by molar-refractivity contribution is 6.30. The van der Waals surface area contributed by atoms with Crippen molar-refractivity contribution in [2.24, 2.45) is 0 Å². The third kappa shape index (κ3) is 3.51. The summed E-state index contributed by atoms with van der Waals surface area (Å²) < 4.78 is 13.6. The second-order valence-electron chi connectivity index (χ2n) is 5.98. The van der Waals surface area contributed by atoms with E-state index in [2.05, 4.69) is 4.98 Å². The van der Waals surface area contributed by atoms with E-state index in [-0.39, 0.29) is 23.3 Å². The van der Waals surface area contributed by atoms with Crippen molar-refractivity contribution in [2.75, 3.05) is 6.54 Å². The summed E-state index contributed by atoms with van der Waals surface area (Å²) >= 11 is 5.92. The number of hydrogen-bond donors (Lipinski definition) is 1. The molecule has 2 heterocycles. The lowest BCUT2D eigenvalue weighted by molar-refractivity contribution is 0.0678. The van der Waals surface area contributed by atoms with E-state index in [1.165, 1.54) is 24.4 Å². The van der Waals surface area contributed by atoms with Gasteiger partial charge in [-0.15, -0.1) is 0 Å². The van der Waals surface area contributed by atoms with Gasteiger partial charge in [0.25, 0.3) is 11.5 Å². The normalized spacial score (nSPS) is 18.2. The number of halogens is 2. The number of amides is 1. The van der Waals surface area contributed by atoms with Gasteiger partial charge in [-0.3, -0.25) is 9.59 Å². The molecule has 0 unspecified atom stereocenters. The van der Waals surface area contributed by atoms with Crippen LogP contribution in [0.4, 0.5) is 4.39 Å². The molecule has 1 saturated heterocycles. The highest BCUT2D eigenvalue weighted by Gasteiger charge is 2.29. The summed E-state index contributed by atoms with van der Waals surface area (Å²) in [5, 5.41) is 0.301.